The number of carbonyl (C=O) groups is 1. The summed E-state index contributed by atoms with van der Waals surface area (Å²) >= 11 is 0. The zero-order valence-electron chi connectivity index (χ0n) is 13.3. The number of aliphatic carboxylic acids is 1. The van der Waals surface area contributed by atoms with E-state index in [1.54, 1.807) is 0 Å². The maximum Gasteiger partial charge on any atom is 0.303 e. The number of hydrogen-bond acceptors (Lipinski definition) is 3. The molecule has 0 heterocycles. The van der Waals surface area contributed by atoms with Gasteiger partial charge in [0, 0.05) is 18.9 Å². The lowest BCUT2D eigenvalue weighted by Crippen LogP contribution is -2.05. The first-order valence-corrected chi connectivity index (χ1v) is 7.83. The molecule has 2 aromatic rings. The fourth-order valence-electron chi connectivity index (χ4n) is 2.30. The zero-order valence-corrected chi connectivity index (χ0v) is 13.3. The molecule has 23 heavy (non-hydrogen) atoms. The highest BCUT2D eigenvalue weighted by Gasteiger charge is 2.08. The van der Waals surface area contributed by atoms with E-state index in [9.17, 15) is 4.79 Å². The van der Waals surface area contributed by atoms with Gasteiger partial charge in [0.2, 0.25) is 0 Å². The number of hydrogen-bond donors (Lipinski definition) is 1. The van der Waals surface area contributed by atoms with Gasteiger partial charge >= 0.3 is 5.97 Å². The molecule has 0 fully saturated rings. The minimum atomic E-state index is -0.811. The Labute approximate surface area is 136 Å². The summed E-state index contributed by atoms with van der Waals surface area (Å²) in [5, 5.41) is 8.86. The molecule has 0 spiro atoms. The molecule has 122 valence electrons. The number of benzene rings is 2. The second-order valence-electron chi connectivity index (χ2n) is 5.18. The van der Waals surface area contributed by atoms with Crippen molar-refractivity contribution in [3.8, 4) is 11.5 Å². The Morgan fingerprint density at radius 2 is 1.83 bits per heavy atom. The van der Waals surface area contributed by atoms with E-state index in [1.165, 1.54) is 5.56 Å². The summed E-state index contributed by atoms with van der Waals surface area (Å²) in [6.07, 6.45) is 1.34. The SMILES string of the molecule is CCOc1ccc(CCC(=O)O)c(OCCc2ccccc2)c1. The molecule has 0 aliphatic rings. The van der Waals surface area contributed by atoms with Crippen molar-refractivity contribution in [3.63, 3.8) is 0 Å². The Balaban J connectivity index is 2.03. The van der Waals surface area contributed by atoms with Crippen LogP contribution < -0.4 is 9.47 Å². The van der Waals surface area contributed by atoms with Crippen molar-refractivity contribution >= 4 is 5.97 Å². The average molecular weight is 314 g/mol. The highest BCUT2D eigenvalue weighted by atomic mass is 16.5. The van der Waals surface area contributed by atoms with Crippen LogP contribution in [0.5, 0.6) is 11.5 Å². The predicted octanol–water partition coefficient (Wildman–Crippen LogP) is 3.72. The fraction of sp³-hybridized carbons (Fsp3) is 0.316. The topological polar surface area (TPSA) is 55.8 Å². The molecule has 0 unspecified atom stereocenters. The van der Waals surface area contributed by atoms with E-state index in [0.717, 1.165) is 17.7 Å². The summed E-state index contributed by atoms with van der Waals surface area (Å²) in [5.74, 6) is 0.628. The molecule has 2 aromatic carbocycles. The van der Waals surface area contributed by atoms with E-state index < -0.39 is 5.97 Å². The number of carboxylic acid groups (broad SMARTS) is 1. The molecule has 0 saturated heterocycles. The van der Waals surface area contributed by atoms with Gasteiger partial charge in [-0.2, -0.15) is 0 Å². The van der Waals surface area contributed by atoms with E-state index >= 15 is 0 Å². The second-order valence-corrected chi connectivity index (χ2v) is 5.18. The summed E-state index contributed by atoms with van der Waals surface area (Å²) in [5.41, 5.74) is 2.10. The van der Waals surface area contributed by atoms with Crippen LogP contribution in [0.1, 0.15) is 24.5 Å². The molecule has 1 N–H and O–H groups in total. The summed E-state index contributed by atoms with van der Waals surface area (Å²) in [4.78, 5) is 10.8. The van der Waals surface area contributed by atoms with Crippen molar-refractivity contribution < 1.29 is 19.4 Å². The molecule has 0 bridgehead atoms. The maximum atomic E-state index is 10.8. The molecular weight excluding hydrogens is 292 g/mol. The molecule has 0 aliphatic carbocycles. The van der Waals surface area contributed by atoms with Gasteiger partial charge in [-0.1, -0.05) is 36.4 Å². The van der Waals surface area contributed by atoms with Crippen molar-refractivity contribution in [2.24, 2.45) is 0 Å². The van der Waals surface area contributed by atoms with Crippen molar-refractivity contribution in [1.82, 2.24) is 0 Å². The Morgan fingerprint density at radius 1 is 1.04 bits per heavy atom. The quantitative estimate of drug-likeness (QED) is 0.766. The van der Waals surface area contributed by atoms with Gasteiger partial charge in [0.1, 0.15) is 11.5 Å². The van der Waals surface area contributed by atoms with Gasteiger partial charge in [-0.15, -0.1) is 0 Å². The van der Waals surface area contributed by atoms with E-state index in [2.05, 4.69) is 12.1 Å². The van der Waals surface area contributed by atoms with Crippen LogP contribution >= 0.6 is 0 Å². The lowest BCUT2D eigenvalue weighted by molar-refractivity contribution is -0.136. The van der Waals surface area contributed by atoms with Crippen LogP contribution in [0.3, 0.4) is 0 Å². The monoisotopic (exact) mass is 314 g/mol. The first-order valence-electron chi connectivity index (χ1n) is 7.83. The van der Waals surface area contributed by atoms with Gasteiger partial charge in [-0.05, 0) is 30.5 Å². The molecular formula is C19H22O4. The second kappa shape index (κ2) is 8.83. The molecule has 0 aromatic heterocycles. The fourth-order valence-corrected chi connectivity index (χ4v) is 2.30. The average Bonchev–Trinajstić information content (AvgIpc) is 2.55. The Kier molecular flexibility index (Phi) is 6.48. The number of rotatable bonds is 9. The first kappa shape index (κ1) is 16.9. The highest BCUT2D eigenvalue weighted by Crippen LogP contribution is 2.26. The normalized spacial score (nSPS) is 10.3. The summed E-state index contributed by atoms with van der Waals surface area (Å²) in [7, 11) is 0. The first-order chi connectivity index (χ1) is 11.2. The molecule has 4 heteroatoms. The van der Waals surface area contributed by atoms with Crippen LogP contribution in [0.25, 0.3) is 0 Å². The third-order valence-corrected chi connectivity index (χ3v) is 3.45. The summed E-state index contributed by atoms with van der Waals surface area (Å²) < 4.78 is 11.4. The lowest BCUT2D eigenvalue weighted by atomic mass is 10.1. The van der Waals surface area contributed by atoms with E-state index in [-0.39, 0.29) is 6.42 Å². The lowest BCUT2D eigenvalue weighted by Gasteiger charge is -2.13. The standard InChI is InChI=1S/C19H22O4/c1-2-22-17-10-8-16(9-11-19(20)21)18(14-17)23-13-12-15-6-4-3-5-7-15/h3-8,10,14H,2,9,11-13H2,1H3,(H,20,21). The van der Waals surface area contributed by atoms with Gasteiger partial charge in [0.25, 0.3) is 0 Å². The Bertz CT molecular complexity index is 623. The van der Waals surface area contributed by atoms with E-state index in [4.69, 9.17) is 14.6 Å². The predicted molar refractivity (Wildman–Crippen MR) is 89.2 cm³/mol. The summed E-state index contributed by atoms with van der Waals surface area (Å²) in [6, 6.07) is 15.7. The van der Waals surface area contributed by atoms with Gasteiger partial charge in [-0.3, -0.25) is 4.79 Å². The van der Waals surface area contributed by atoms with Crippen LogP contribution in [0, 0.1) is 0 Å². The summed E-state index contributed by atoms with van der Waals surface area (Å²) in [6.45, 7) is 3.05. The third-order valence-electron chi connectivity index (χ3n) is 3.45. The van der Waals surface area contributed by atoms with Crippen LogP contribution in [-0.2, 0) is 17.6 Å². The van der Waals surface area contributed by atoms with Crippen LogP contribution in [0.2, 0.25) is 0 Å². The minimum absolute atomic E-state index is 0.0863. The molecule has 0 amide bonds. The Morgan fingerprint density at radius 3 is 2.52 bits per heavy atom. The molecule has 0 atom stereocenters. The van der Waals surface area contributed by atoms with E-state index in [1.807, 2.05) is 43.3 Å². The van der Waals surface area contributed by atoms with Crippen molar-refractivity contribution in [2.45, 2.75) is 26.2 Å². The van der Waals surface area contributed by atoms with Gasteiger partial charge in [0.05, 0.1) is 13.2 Å². The van der Waals surface area contributed by atoms with Crippen molar-refractivity contribution in [2.75, 3.05) is 13.2 Å². The number of carboxylic acids is 1. The minimum Gasteiger partial charge on any atom is -0.494 e. The van der Waals surface area contributed by atoms with E-state index in [0.29, 0.717) is 25.4 Å². The molecule has 2 rings (SSSR count). The number of aryl methyl sites for hydroxylation is 1. The zero-order chi connectivity index (χ0) is 16.5. The van der Waals surface area contributed by atoms with Crippen LogP contribution in [-0.4, -0.2) is 24.3 Å². The largest absolute Gasteiger partial charge is 0.494 e. The highest BCUT2D eigenvalue weighted by molar-refractivity contribution is 5.67. The molecule has 0 aliphatic heterocycles. The van der Waals surface area contributed by atoms with Gasteiger partial charge in [0.15, 0.2) is 0 Å². The van der Waals surface area contributed by atoms with Gasteiger partial charge in [-0.25, -0.2) is 0 Å². The van der Waals surface area contributed by atoms with Crippen LogP contribution in [0.4, 0.5) is 0 Å². The van der Waals surface area contributed by atoms with Crippen molar-refractivity contribution in [3.05, 3.63) is 59.7 Å². The smallest absolute Gasteiger partial charge is 0.303 e. The molecule has 0 saturated carbocycles. The van der Waals surface area contributed by atoms with Gasteiger partial charge < -0.3 is 14.6 Å². The molecule has 0 radical (unpaired) electrons. The maximum absolute atomic E-state index is 10.8. The molecule has 4 nitrogen and oxygen atoms in total. The Hall–Kier alpha value is -2.49. The number of ether oxygens (including phenoxy) is 2. The third kappa shape index (κ3) is 5.66. The van der Waals surface area contributed by atoms with Crippen molar-refractivity contribution in [1.29, 1.82) is 0 Å². The van der Waals surface area contributed by atoms with Crippen LogP contribution in [0.15, 0.2) is 48.5 Å².